The number of hydrogen-bond acceptors (Lipinski definition) is 0. The third-order valence-corrected chi connectivity index (χ3v) is 4.22. The van der Waals surface area contributed by atoms with Crippen LogP contribution < -0.4 is 10.3 Å². The summed E-state index contributed by atoms with van der Waals surface area (Å²) >= 11 is 2.31. The Morgan fingerprint density at radius 3 is 2.13 bits per heavy atom. The number of amidine groups is 1. The topological polar surface area (TPSA) is 26.0 Å². The van der Waals surface area contributed by atoms with Crippen LogP contribution in [-0.2, 0) is 0 Å². The molecule has 0 aliphatic heterocycles. The number of anilines is 1. The van der Waals surface area contributed by atoms with E-state index in [1.807, 2.05) is 18.2 Å². The first-order valence-electron chi connectivity index (χ1n) is 7.49. The summed E-state index contributed by atoms with van der Waals surface area (Å²) in [6, 6.07) is 27.1. The molecule has 0 saturated carbocycles. The van der Waals surface area contributed by atoms with Crippen LogP contribution in [0.1, 0.15) is 11.1 Å². The van der Waals surface area contributed by atoms with Gasteiger partial charge in [-0.05, 0) is 78.0 Å². The predicted molar refractivity (Wildman–Crippen MR) is 105 cm³/mol. The van der Waals surface area contributed by atoms with Crippen LogP contribution in [0.25, 0.3) is 0 Å². The van der Waals surface area contributed by atoms with Gasteiger partial charge in [-0.1, -0.05) is 35.9 Å². The zero-order chi connectivity index (χ0) is 16.1. The molecule has 0 fully saturated rings. The first-order chi connectivity index (χ1) is 11.2. The summed E-state index contributed by atoms with van der Waals surface area (Å²) in [6.45, 7) is 2.09. The fraction of sp³-hybridized carbons (Fsp3) is 0.0500. The summed E-state index contributed by atoms with van der Waals surface area (Å²) in [5.41, 5.74) is 4.49. The van der Waals surface area contributed by atoms with Crippen molar-refractivity contribution in [3.8, 4) is 0 Å². The van der Waals surface area contributed by atoms with Crippen molar-refractivity contribution in [2.75, 3.05) is 5.32 Å². The third kappa shape index (κ3) is 4.42. The Morgan fingerprint density at radius 1 is 0.826 bits per heavy atom. The summed E-state index contributed by atoms with van der Waals surface area (Å²) in [6.07, 6.45) is 0. The summed E-state index contributed by atoms with van der Waals surface area (Å²) in [5.74, 6) is 0.968. The van der Waals surface area contributed by atoms with Gasteiger partial charge in [-0.2, -0.15) is 0 Å². The molecule has 0 amide bonds. The fourth-order valence-corrected chi connectivity index (χ4v) is 2.60. The minimum atomic E-state index is 0.968. The molecule has 3 rings (SSSR count). The quantitative estimate of drug-likeness (QED) is 0.381. The van der Waals surface area contributed by atoms with Gasteiger partial charge in [0.2, 0.25) is 0 Å². The number of halogens is 1. The molecular weight excluding hydrogens is 395 g/mol. The first-order valence-corrected chi connectivity index (χ1v) is 8.57. The van der Waals surface area contributed by atoms with Crippen LogP contribution in [-0.4, -0.2) is 5.84 Å². The van der Waals surface area contributed by atoms with Crippen LogP contribution in [0, 0.1) is 10.5 Å². The number of rotatable bonds is 3. The molecule has 0 aromatic heterocycles. The van der Waals surface area contributed by atoms with Crippen molar-refractivity contribution in [1.82, 2.24) is 0 Å². The van der Waals surface area contributed by atoms with E-state index in [-0.39, 0.29) is 0 Å². The van der Waals surface area contributed by atoms with Crippen molar-refractivity contribution in [3.05, 3.63) is 93.6 Å². The standard InChI is InChI=1S/C20H17IN2/c1-15-7-11-18(12-8-15)22-20(16-5-3-2-4-6-16)23-19-13-9-17(21)10-14-19/h2-14H,1H3,(H,22,23)/p+1. The Balaban J connectivity index is 1.96. The molecule has 0 aliphatic rings. The molecule has 0 bridgehead atoms. The van der Waals surface area contributed by atoms with Gasteiger partial charge < -0.3 is 0 Å². The Bertz CT molecular complexity index is 791. The molecule has 0 heterocycles. The van der Waals surface area contributed by atoms with E-state index < -0.39 is 0 Å². The highest BCUT2D eigenvalue weighted by molar-refractivity contribution is 14.1. The second-order valence-corrected chi connectivity index (χ2v) is 6.61. The van der Waals surface area contributed by atoms with Gasteiger partial charge in [0.05, 0.1) is 5.56 Å². The lowest BCUT2D eigenvalue weighted by Gasteiger charge is -2.04. The SMILES string of the molecule is Cc1ccc([NH+]=C(Nc2ccc(I)cc2)c2ccccc2)cc1. The predicted octanol–water partition coefficient (Wildman–Crippen LogP) is 3.87. The van der Waals surface area contributed by atoms with Gasteiger partial charge in [0, 0.05) is 3.57 Å². The molecule has 0 radical (unpaired) electrons. The average molecular weight is 413 g/mol. The van der Waals surface area contributed by atoms with Crippen molar-refractivity contribution in [2.45, 2.75) is 6.92 Å². The van der Waals surface area contributed by atoms with E-state index in [0.29, 0.717) is 0 Å². The molecule has 23 heavy (non-hydrogen) atoms. The molecule has 0 spiro atoms. The number of nitrogens with one attached hydrogen (secondary N) is 2. The van der Waals surface area contributed by atoms with E-state index in [0.717, 1.165) is 22.8 Å². The maximum atomic E-state index is 3.49. The summed E-state index contributed by atoms with van der Waals surface area (Å²) in [4.78, 5) is 3.49. The minimum Gasteiger partial charge on any atom is -0.240 e. The molecule has 3 heteroatoms. The van der Waals surface area contributed by atoms with E-state index in [1.165, 1.54) is 9.13 Å². The van der Waals surface area contributed by atoms with E-state index in [9.17, 15) is 0 Å². The molecule has 0 aliphatic carbocycles. The highest BCUT2D eigenvalue weighted by atomic mass is 127. The number of hydrogen-bond donors (Lipinski definition) is 2. The Kier molecular flexibility index (Phi) is 5.08. The highest BCUT2D eigenvalue weighted by Gasteiger charge is 2.11. The molecule has 3 aromatic rings. The van der Waals surface area contributed by atoms with Gasteiger partial charge in [0.15, 0.2) is 0 Å². The van der Waals surface area contributed by atoms with Crippen LogP contribution in [0.3, 0.4) is 0 Å². The molecule has 2 N–H and O–H groups in total. The first kappa shape index (κ1) is 15.7. The second kappa shape index (κ2) is 7.42. The maximum absolute atomic E-state index is 3.49. The molecule has 2 nitrogen and oxygen atoms in total. The zero-order valence-electron chi connectivity index (χ0n) is 12.9. The van der Waals surface area contributed by atoms with Gasteiger partial charge >= 0.3 is 0 Å². The van der Waals surface area contributed by atoms with Crippen LogP contribution in [0.15, 0.2) is 78.9 Å². The molecule has 0 atom stereocenters. The lowest BCUT2D eigenvalue weighted by molar-refractivity contribution is -0.352. The fourth-order valence-electron chi connectivity index (χ4n) is 2.24. The van der Waals surface area contributed by atoms with Crippen molar-refractivity contribution in [1.29, 1.82) is 0 Å². The van der Waals surface area contributed by atoms with E-state index >= 15 is 0 Å². The van der Waals surface area contributed by atoms with E-state index in [1.54, 1.807) is 0 Å². The summed E-state index contributed by atoms with van der Waals surface area (Å²) < 4.78 is 1.22. The summed E-state index contributed by atoms with van der Waals surface area (Å²) in [5, 5.41) is 3.49. The summed E-state index contributed by atoms with van der Waals surface area (Å²) in [7, 11) is 0. The van der Waals surface area contributed by atoms with Gasteiger partial charge in [-0.3, -0.25) is 0 Å². The zero-order valence-corrected chi connectivity index (χ0v) is 15.0. The molecule has 114 valence electrons. The molecule has 3 aromatic carbocycles. The third-order valence-electron chi connectivity index (χ3n) is 3.50. The lowest BCUT2D eigenvalue weighted by Crippen LogP contribution is -2.68. The van der Waals surface area contributed by atoms with Crippen molar-refractivity contribution < 1.29 is 4.99 Å². The Morgan fingerprint density at radius 2 is 1.48 bits per heavy atom. The molecular formula is C20H18IN2+. The van der Waals surface area contributed by atoms with Crippen LogP contribution in [0.4, 0.5) is 11.4 Å². The van der Waals surface area contributed by atoms with Gasteiger partial charge in [0.1, 0.15) is 11.4 Å². The normalized spacial score (nSPS) is 11.3. The number of benzene rings is 3. The van der Waals surface area contributed by atoms with E-state index in [2.05, 4.69) is 100 Å². The van der Waals surface area contributed by atoms with Gasteiger partial charge in [0.25, 0.3) is 5.84 Å². The second-order valence-electron chi connectivity index (χ2n) is 5.36. The van der Waals surface area contributed by atoms with Crippen LogP contribution in [0.2, 0.25) is 0 Å². The molecule has 0 unspecified atom stereocenters. The van der Waals surface area contributed by atoms with Crippen molar-refractivity contribution in [2.24, 2.45) is 0 Å². The van der Waals surface area contributed by atoms with E-state index in [4.69, 9.17) is 0 Å². The minimum absolute atomic E-state index is 0.968. The highest BCUT2D eigenvalue weighted by Crippen LogP contribution is 2.12. The van der Waals surface area contributed by atoms with Crippen LogP contribution in [0.5, 0.6) is 0 Å². The number of aryl methyl sites for hydroxylation is 1. The monoisotopic (exact) mass is 413 g/mol. The largest absolute Gasteiger partial charge is 0.285 e. The average Bonchev–Trinajstić information content (AvgIpc) is 2.59. The molecule has 0 saturated heterocycles. The van der Waals surface area contributed by atoms with Crippen molar-refractivity contribution >= 4 is 39.8 Å². The van der Waals surface area contributed by atoms with Gasteiger partial charge in [-0.25, -0.2) is 10.3 Å². The lowest BCUT2D eigenvalue weighted by atomic mass is 10.2. The smallest absolute Gasteiger partial charge is 0.240 e. The van der Waals surface area contributed by atoms with Gasteiger partial charge in [-0.15, -0.1) is 0 Å². The Labute approximate surface area is 150 Å². The maximum Gasteiger partial charge on any atom is 0.285 e. The van der Waals surface area contributed by atoms with Crippen molar-refractivity contribution in [3.63, 3.8) is 0 Å². The Hall–Kier alpha value is -2.14. The van der Waals surface area contributed by atoms with Crippen LogP contribution >= 0.6 is 22.6 Å².